The van der Waals surface area contributed by atoms with Gasteiger partial charge in [0, 0.05) is 28.7 Å². The lowest BCUT2D eigenvalue weighted by Crippen LogP contribution is -2.39. The molecule has 20 heavy (non-hydrogen) atoms. The van der Waals surface area contributed by atoms with Gasteiger partial charge in [-0.25, -0.2) is 0 Å². The summed E-state index contributed by atoms with van der Waals surface area (Å²) < 4.78 is 0. The molecule has 0 spiro atoms. The quantitative estimate of drug-likeness (QED) is 0.886. The van der Waals surface area contributed by atoms with Gasteiger partial charge in [0.1, 0.15) is 6.04 Å². The van der Waals surface area contributed by atoms with Gasteiger partial charge in [-0.1, -0.05) is 38.0 Å². The Labute approximate surface area is 120 Å². The van der Waals surface area contributed by atoms with E-state index in [0.29, 0.717) is 12.0 Å². The standard InChI is InChI=1S/C17H21N3/c1-12-6-2-4-8-15(12)20-17(10-18)14-11-19-16-9-5-3-7-13(14)16/h3,5,7,9,11-12,15,17,19-20H,2,4,6,8H2,1H3. The highest BCUT2D eigenvalue weighted by Gasteiger charge is 2.25. The fourth-order valence-electron chi connectivity index (χ4n) is 3.31. The molecule has 1 aliphatic rings. The first-order valence-electron chi connectivity index (χ1n) is 7.51. The van der Waals surface area contributed by atoms with Crippen molar-refractivity contribution in [2.75, 3.05) is 0 Å². The summed E-state index contributed by atoms with van der Waals surface area (Å²) in [5, 5.41) is 14.3. The van der Waals surface area contributed by atoms with Crippen LogP contribution >= 0.6 is 0 Å². The molecule has 1 aromatic heterocycles. The van der Waals surface area contributed by atoms with Gasteiger partial charge in [-0.3, -0.25) is 5.32 Å². The highest BCUT2D eigenvalue weighted by molar-refractivity contribution is 5.83. The van der Waals surface area contributed by atoms with Crippen molar-refractivity contribution in [1.82, 2.24) is 10.3 Å². The first kappa shape index (κ1) is 13.2. The minimum absolute atomic E-state index is 0.225. The molecule has 3 nitrogen and oxygen atoms in total. The number of aromatic amines is 1. The van der Waals surface area contributed by atoms with Crippen molar-refractivity contribution in [3.05, 3.63) is 36.0 Å². The first-order valence-corrected chi connectivity index (χ1v) is 7.51. The number of fused-ring (bicyclic) bond motifs is 1. The van der Waals surface area contributed by atoms with Crippen molar-refractivity contribution in [2.45, 2.75) is 44.7 Å². The van der Waals surface area contributed by atoms with Gasteiger partial charge in [0.2, 0.25) is 0 Å². The molecule has 0 aliphatic heterocycles. The van der Waals surface area contributed by atoms with Gasteiger partial charge >= 0.3 is 0 Å². The summed E-state index contributed by atoms with van der Waals surface area (Å²) in [5.74, 6) is 0.657. The molecule has 1 saturated carbocycles. The lowest BCUT2D eigenvalue weighted by Gasteiger charge is -2.31. The number of nitriles is 1. The number of nitrogens with one attached hydrogen (secondary N) is 2. The van der Waals surface area contributed by atoms with Gasteiger partial charge in [0.05, 0.1) is 6.07 Å². The number of nitrogens with zero attached hydrogens (tertiary/aromatic N) is 1. The van der Waals surface area contributed by atoms with Crippen molar-refractivity contribution in [2.24, 2.45) is 5.92 Å². The number of hydrogen-bond acceptors (Lipinski definition) is 2. The molecule has 0 bridgehead atoms. The smallest absolute Gasteiger partial charge is 0.123 e. The van der Waals surface area contributed by atoms with E-state index in [9.17, 15) is 5.26 Å². The molecule has 3 heteroatoms. The zero-order valence-corrected chi connectivity index (χ0v) is 11.9. The summed E-state index contributed by atoms with van der Waals surface area (Å²) in [6, 6.07) is 10.8. The zero-order valence-electron chi connectivity index (χ0n) is 11.9. The number of para-hydroxylation sites is 1. The van der Waals surface area contributed by atoms with Crippen LogP contribution in [-0.2, 0) is 0 Å². The Kier molecular flexibility index (Phi) is 3.75. The SMILES string of the molecule is CC1CCCCC1NC(C#N)c1c[nH]c2ccccc12. The van der Waals surface area contributed by atoms with Crippen LogP contribution in [0.4, 0.5) is 0 Å². The molecule has 0 radical (unpaired) electrons. The van der Waals surface area contributed by atoms with E-state index in [1.165, 1.54) is 25.7 Å². The van der Waals surface area contributed by atoms with Crippen molar-refractivity contribution in [3.63, 3.8) is 0 Å². The maximum absolute atomic E-state index is 9.55. The molecule has 3 atom stereocenters. The van der Waals surface area contributed by atoms with E-state index in [2.05, 4.69) is 35.4 Å². The van der Waals surface area contributed by atoms with E-state index >= 15 is 0 Å². The molecular weight excluding hydrogens is 246 g/mol. The van der Waals surface area contributed by atoms with Gasteiger partial charge < -0.3 is 4.98 Å². The van der Waals surface area contributed by atoms with Crippen LogP contribution in [0, 0.1) is 17.2 Å². The van der Waals surface area contributed by atoms with Crippen LogP contribution in [0.25, 0.3) is 10.9 Å². The van der Waals surface area contributed by atoms with Gasteiger partial charge in [-0.15, -0.1) is 0 Å². The number of rotatable bonds is 3. The number of H-pyrrole nitrogens is 1. The van der Waals surface area contributed by atoms with Crippen LogP contribution in [0.1, 0.15) is 44.2 Å². The number of benzene rings is 1. The van der Waals surface area contributed by atoms with E-state index in [-0.39, 0.29) is 6.04 Å². The van der Waals surface area contributed by atoms with Crippen LogP contribution in [-0.4, -0.2) is 11.0 Å². The van der Waals surface area contributed by atoms with Crippen molar-refractivity contribution < 1.29 is 0 Å². The second-order valence-corrected chi connectivity index (χ2v) is 5.89. The molecule has 0 amide bonds. The fraction of sp³-hybridized carbons (Fsp3) is 0.471. The lowest BCUT2D eigenvalue weighted by molar-refractivity contribution is 0.271. The predicted octanol–water partition coefficient (Wildman–Crippen LogP) is 3.90. The fourth-order valence-corrected chi connectivity index (χ4v) is 3.31. The second-order valence-electron chi connectivity index (χ2n) is 5.89. The molecule has 1 aromatic carbocycles. The third-order valence-electron chi connectivity index (χ3n) is 4.55. The molecule has 2 aromatic rings. The molecule has 0 saturated heterocycles. The second kappa shape index (κ2) is 5.68. The van der Waals surface area contributed by atoms with E-state index in [1.54, 1.807) is 0 Å². The van der Waals surface area contributed by atoms with E-state index in [1.807, 2.05) is 18.3 Å². The molecule has 2 N–H and O–H groups in total. The summed E-state index contributed by atoms with van der Waals surface area (Å²) in [4.78, 5) is 3.26. The molecule has 104 valence electrons. The van der Waals surface area contributed by atoms with Crippen molar-refractivity contribution >= 4 is 10.9 Å². The molecule has 1 aliphatic carbocycles. The lowest BCUT2D eigenvalue weighted by atomic mass is 9.85. The maximum atomic E-state index is 9.55. The first-order chi connectivity index (χ1) is 9.79. The minimum atomic E-state index is -0.225. The largest absolute Gasteiger partial charge is 0.361 e. The van der Waals surface area contributed by atoms with Gasteiger partial charge in [-0.05, 0) is 24.8 Å². The molecule has 1 fully saturated rings. The highest BCUT2D eigenvalue weighted by atomic mass is 15.0. The molecule has 1 heterocycles. The average Bonchev–Trinajstić information content (AvgIpc) is 2.90. The Hall–Kier alpha value is -1.79. The zero-order chi connectivity index (χ0) is 13.9. The Morgan fingerprint density at radius 3 is 2.90 bits per heavy atom. The van der Waals surface area contributed by atoms with Gasteiger partial charge in [0.15, 0.2) is 0 Å². The number of hydrogen-bond donors (Lipinski definition) is 2. The number of aromatic nitrogens is 1. The third-order valence-corrected chi connectivity index (χ3v) is 4.55. The van der Waals surface area contributed by atoms with Crippen LogP contribution in [0.3, 0.4) is 0 Å². The van der Waals surface area contributed by atoms with E-state index in [0.717, 1.165) is 16.5 Å². The average molecular weight is 267 g/mol. The topological polar surface area (TPSA) is 51.6 Å². The van der Waals surface area contributed by atoms with Crippen molar-refractivity contribution in [1.29, 1.82) is 5.26 Å². The summed E-state index contributed by atoms with van der Waals surface area (Å²) >= 11 is 0. The monoisotopic (exact) mass is 267 g/mol. The summed E-state index contributed by atoms with van der Waals surface area (Å²) in [5.41, 5.74) is 2.17. The summed E-state index contributed by atoms with van der Waals surface area (Å²) in [6.45, 7) is 2.29. The van der Waals surface area contributed by atoms with Crippen molar-refractivity contribution in [3.8, 4) is 6.07 Å². The predicted molar refractivity (Wildman–Crippen MR) is 81.2 cm³/mol. The molecular formula is C17H21N3. The van der Waals surface area contributed by atoms with Gasteiger partial charge in [0.25, 0.3) is 0 Å². The third kappa shape index (κ3) is 2.44. The van der Waals surface area contributed by atoms with E-state index in [4.69, 9.17) is 0 Å². The Bertz CT molecular complexity index is 622. The maximum Gasteiger partial charge on any atom is 0.123 e. The summed E-state index contributed by atoms with van der Waals surface area (Å²) in [7, 11) is 0. The Morgan fingerprint density at radius 1 is 1.30 bits per heavy atom. The van der Waals surface area contributed by atoms with Crippen LogP contribution in [0.2, 0.25) is 0 Å². The Balaban J connectivity index is 1.85. The normalized spacial score (nSPS) is 24.4. The molecule has 3 rings (SSSR count). The summed E-state index contributed by atoms with van der Waals surface area (Å²) in [6.07, 6.45) is 7.02. The van der Waals surface area contributed by atoms with E-state index < -0.39 is 0 Å². The highest BCUT2D eigenvalue weighted by Crippen LogP contribution is 2.28. The minimum Gasteiger partial charge on any atom is -0.361 e. The van der Waals surface area contributed by atoms with Crippen LogP contribution in [0.15, 0.2) is 30.5 Å². The molecule has 3 unspecified atom stereocenters. The Morgan fingerprint density at radius 2 is 2.10 bits per heavy atom. The van der Waals surface area contributed by atoms with Crippen LogP contribution < -0.4 is 5.32 Å². The van der Waals surface area contributed by atoms with Crippen LogP contribution in [0.5, 0.6) is 0 Å². The van der Waals surface area contributed by atoms with Gasteiger partial charge in [-0.2, -0.15) is 5.26 Å².